The van der Waals surface area contributed by atoms with Gasteiger partial charge in [-0.3, -0.25) is 0 Å². The smallest absolute Gasteiger partial charge is 0.161 e. The lowest BCUT2D eigenvalue weighted by Crippen LogP contribution is -2.16. The Balaban J connectivity index is 2.01. The van der Waals surface area contributed by atoms with Gasteiger partial charge in [0.05, 0.1) is 6.07 Å². The maximum atomic E-state index is 9.40. The second-order valence-corrected chi connectivity index (χ2v) is 4.36. The Labute approximate surface area is 111 Å². The third kappa shape index (κ3) is 2.02. The highest BCUT2D eigenvalue weighted by Crippen LogP contribution is 2.34. The van der Waals surface area contributed by atoms with E-state index in [1.807, 2.05) is 36.0 Å². The Morgan fingerprint density at radius 3 is 2.79 bits per heavy atom. The number of aryl methyl sites for hydroxylation is 1. The van der Waals surface area contributed by atoms with Crippen molar-refractivity contribution in [3.05, 3.63) is 42.0 Å². The highest BCUT2D eigenvalue weighted by atomic mass is 16.6. The summed E-state index contributed by atoms with van der Waals surface area (Å²) in [6.45, 7) is 1.10. The van der Waals surface area contributed by atoms with Gasteiger partial charge in [0.2, 0.25) is 0 Å². The molecule has 5 nitrogen and oxygen atoms in total. The van der Waals surface area contributed by atoms with E-state index >= 15 is 0 Å². The summed E-state index contributed by atoms with van der Waals surface area (Å²) >= 11 is 0. The molecule has 1 atom stereocenters. The number of aromatic nitrogens is 2. The van der Waals surface area contributed by atoms with Crippen LogP contribution >= 0.6 is 0 Å². The fraction of sp³-hybridized carbons (Fsp3) is 0.286. The molecule has 3 rings (SSSR count). The van der Waals surface area contributed by atoms with Crippen LogP contribution < -0.4 is 9.47 Å². The molecule has 0 bridgehead atoms. The number of benzene rings is 1. The minimum atomic E-state index is -0.407. The fourth-order valence-electron chi connectivity index (χ4n) is 2.18. The normalized spacial score (nSPS) is 14.7. The van der Waals surface area contributed by atoms with Crippen molar-refractivity contribution >= 4 is 0 Å². The number of ether oxygens (including phenoxy) is 2. The summed E-state index contributed by atoms with van der Waals surface area (Å²) in [6, 6.07) is 7.88. The van der Waals surface area contributed by atoms with Crippen molar-refractivity contribution in [2.75, 3.05) is 13.2 Å². The quantitative estimate of drug-likeness (QED) is 0.821. The molecule has 0 saturated heterocycles. The van der Waals surface area contributed by atoms with E-state index in [0.29, 0.717) is 19.0 Å². The number of hydrogen-bond acceptors (Lipinski definition) is 4. The van der Waals surface area contributed by atoms with Crippen molar-refractivity contribution < 1.29 is 9.47 Å². The van der Waals surface area contributed by atoms with E-state index in [9.17, 15) is 5.26 Å². The second-order valence-electron chi connectivity index (χ2n) is 4.36. The molecular weight excluding hydrogens is 242 g/mol. The summed E-state index contributed by atoms with van der Waals surface area (Å²) in [5.74, 6) is 1.74. The Bertz CT molecular complexity index is 642. The molecule has 0 radical (unpaired) electrons. The molecule has 2 aromatic rings. The molecule has 0 aliphatic carbocycles. The van der Waals surface area contributed by atoms with Crippen molar-refractivity contribution in [1.29, 1.82) is 5.26 Å². The second kappa shape index (κ2) is 4.65. The zero-order valence-corrected chi connectivity index (χ0v) is 10.5. The van der Waals surface area contributed by atoms with E-state index in [2.05, 4.69) is 11.1 Å². The molecule has 0 saturated carbocycles. The van der Waals surface area contributed by atoms with Crippen LogP contribution in [0.1, 0.15) is 17.3 Å². The van der Waals surface area contributed by atoms with E-state index in [0.717, 1.165) is 17.1 Å². The molecule has 5 heteroatoms. The number of imidazole rings is 1. The van der Waals surface area contributed by atoms with E-state index in [-0.39, 0.29) is 0 Å². The molecule has 1 aliphatic rings. The van der Waals surface area contributed by atoms with Gasteiger partial charge in [0.15, 0.2) is 11.5 Å². The number of hydrogen-bond donors (Lipinski definition) is 0. The Kier molecular flexibility index (Phi) is 2.84. The van der Waals surface area contributed by atoms with Gasteiger partial charge in [-0.2, -0.15) is 5.26 Å². The zero-order valence-electron chi connectivity index (χ0n) is 10.5. The lowest BCUT2D eigenvalue weighted by Gasteiger charge is -2.19. The van der Waals surface area contributed by atoms with Gasteiger partial charge in [0.25, 0.3) is 0 Å². The van der Waals surface area contributed by atoms with Crippen LogP contribution in [0.4, 0.5) is 0 Å². The van der Waals surface area contributed by atoms with Gasteiger partial charge in [-0.15, -0.1) is 0 Å². The SMILES string of the molecule is Cn1ccnc1C(C#N)c1ccc2c(c1)OCCO2. The average molecular weight is 255 g/mol. The molecule has 0 N–H and O–H groups in total. The molecule has 0 spiro atoms. The molecular formula is C14H13N3O2. The van der Waals surface area contributed by atoms with E-state index in [1.165, 1.54) is 0 Å². The summed E-state index contributed by atoms with van der Waals surface area (Å²) in [5, 5.41) is 9.40. The molecule has 96 valence electrons. The van der Waals surface area contributed by atoms with Crippen LogP contribution in [-0.2, 0) is 7.05 Å². The van der Waals surface area contributed by atoms with E-state index in [1.54, 1.807) is 6.20 Å². The fourth-order valence-corrected chi connectivity index (χ4v) is 2.18. The predicted octanol–water partition coefficient (Wildman–Crippen LogP) is 1.85. The lowest BCUT2D eigenvalue weighted by atomic mass is 9.99. The number of rotatable bonds is 2. The molecule has 19 heavy (non-hydrogen) atoms. The molecule has 1 aromatic heterocycles. The van der Waals surface area contributed by atoms with Crippen LogP contribution in [0.15, 0.2) is 30.6 Å². The Morgan fingerprint density at radius 2 is 2.11 bits per heavy atom. The van der Waals surface area contributed by atoms with Crippen molar-refractivity contribution in [1.82, 2.24) is 9.55 Å². The van der Waals surface area contributed by atoms with Crippen molar-refractivity contribution in [3.63, 3.8) is 0 Å². The van der Waals surface area contributed by atoms with E-state index in [4.69, 9.17) is 9.47 Å². The van der Waals surface area contributed by atoms with E-state index < -0.39 is 5.92 Å². The Hall–Kier alpha value is -2.48. The van der Waals surface area contributed by atoms with Crippen LogP contribution in [0, 0.1) is 11.3 Å². The first-order valence-corrected chi connectivity index (χ1v) is 6.06. The van der Waals surface area contributed by atoms with Crippen molar-refractivity contribution in [2.45, 2.75) is 5.92 Å². The minimum absolute atomic E-state index is 0.407. The lowest BCUT2D eigenvalue weighted by molar-refractivity contribution is 0.171. The summed E-state index contributed by atoms with van der Waals surface area (Å²) < 4.78 is 12.9. The topological polar surface area (TPSA) is 60.1 Å². The summed E-state index contributed by atoms with van der Waals surface area (Å²) in [5.41, 5.74) is 0.862. The summed E-state index contributed by atoms with van der Waals surface area (Å²) in [7, 11) is 1.88. The monoisotopic (exact) mass is 255 g/mol. The van der Waals surface area contributed by atoms with Gasteiger partial charge < -0.3 is 14.0 Å². The highest BCUT2D eigenvalue weighted by molar-refractivity contribution is 5.47. The molecule has 1 unspecified atom stereocenters. The third-order valence-corrected chi connectivity index (χ3v) is 3.15. The van der Waals surface area contributed by atoms with Gasteiger partial charge in [0.1, 0.15) is 25.0 Å². The maximum absolute atomic E-state index is 9.40. The molecule has 0 amide bonds. The molecule has 2 heterocycles. The maximum Gasteiger partial charge on any atom is 0.161 e. The van der Waals surface area contributed by atoms with Crippen LogP contribution in [0.2, 0.25) is 0 Å². The van der Waals surface area contributed by atoms with Crippen molar-refractivity contribution in [2.24, 2.45) is 7.05 Å². The number of nitriles is 1. The summed E-state index contributed by atoms with van der Waals surface area (Å²) in [6.07, 6.45) is 3.52. The number of nitrogens with zero attached hydrogens (tertiary/aromatic N) is 3. The first-order chi connectivity index (χ1) is 9.29. The largest absolute Gasteiger partial charge is 0.486 e. The van der Waals surface area contributed by atoms with Gasteiger partial charge >= 0.3 is 0 Å². The van der Waals surface area contributed by atoms with Gasteiger partial charge in [-0.05, 0) is 17.7 Å². The predicted molar refractivity (Wildman–Crippen MR) is 68.1 cm³/mol. The number of fused-ring (bicyclic) bond motifs is 1. The van der Waals surface area contributed by atoms with Crippen LogP contribution in [-0.4, -0.2) is 22.8 Å². The molecule has 1 aliphatic heterocycles. The standard InChI is InChI=1S/C14H13N3O2/c1-17-5-4-16-14(17)11(9-15)10-2-3-12-13(8-10)19-7-6-18-12/h2-5,8,11H,6-7H2,1H3. The Morgan fingerprint density at radius 1 is 1.32 bits per heavy atom. The third-order valence-electron chi connectivity index (χ3n) is 3.15. The summed E-state index contributed by atoms with van der Waals surface area (Å²) in [4.78, 5) is 4.24. The van der Waals surface area contributed by atoms with Crippen LogP contribution in [0.3, 0.4) is 0 Å². The highest BCUT2D eigenvalue weighted by Gasteiger charge is 2.20. The van der Waals surface area contributed by atoms with Gasteiger partial charge in [-0.25, -0.2) is 4.98 Å². The first kappa shape index (κ1) is 11.6. The van der Waals surface area contributed by atoms with Gasteiger partial charge in [0, 0.05) is 19.4 Å². The van der Waals surface area contributed by atoms with Crippen molar-refractivity contribution in [3.8, 4) is 17.6 Å². The first-order valence-electron chi connectivity index (χ1n) is 6.06. The zero-order chi connectivity index (χ0) is 13.2. The van der Waals surface area contributed by atoms with Crippen LogP contribution in [0.25, 0.3) is 0 Å². The average Bonchev–Trinajstić information content (AvgIpc) is 2.86. The van der Waals surface area contributed by atoms with Crippen LogP contribution in [0.5, 0.6) is 11.5 Å². The minimum Gasteiger partial charge on any atom is -0.486 e. The molecule has 0 fully saturated rings. The van der Waals surface area contributed by atoms with Gasteiger partial charge in [-0.1, -0.05) is 6.07 Å². The molecule has 1 aromatic carbocycles.